The molecule has 0 saturated heterocycles. The number of nitrogens with zero attached hydrogens (tertiary/aromatic N) is 4. The van der Waals surface area contributed by atoms with E-state index in [1.165, 1.54) is 36.4 Å². The van der Waals surface area contributed by atoms with E-state index in [2.05, 4.69) is 32.1 Å². The summed E-state index contributed by atoms with van der Waals surface area (Å²) in [7, 11) is 0. The Morgan fingerprint density at radius 1 is 0.386 bits per heavy atom. The maximum absolute atomic E-state index is 14.0. The average molecular weight is 1100 g/mol. The predicted molar refractivity (Wildman–Crippen MR) is 290 cm³/mol. The largest absolute Gasteiger partial charge is 0.247 e. The van der Waals surface area contributed by atoms with Crippen molar-refractivity contribution in [2.75, 3.05) is 12.5 Å². The molecule has 10 aromatic rings. The second kappa shape index (κ2) is 23.1. The highest BCUT2D eigenvalue weighted by Gasteiger charge is 2.17. The topological polar surface area (TPSA) is 51.6 Å². The molecule has 0 saturated carbocycles. The highest BCUT2D eigenvalue weighted by atomic mass is 35.5. The first-order chi connectivity index (χ1) is 33.4. The molecule has 0 amide bonds. The van der Waals surface area contributed by atoms with Crippen LogP contribution < -0.4 is 0 Å². The first-order valence-electron chi connectivity index (χ1n) is 21.0. The third kappa shape index (κ3) is 11.6. The lowest BCUT2D eigenvalue weighted by Gasteiger charge is -2.11. The number of thioether (sulfide) groups is 2. The van der Waals surface area contributed by atoms with Gasteiger partial charge >= 0.3 is 0 Å². The van der Waals surface area contributed by atoms with Crippen molar-refractivity contribution in [1.82, 2.24) is 19.9 Å². The molecule has 10 rings (SSSR count). The molecule has 0 N–H and O–H groups in total. The number of hydrogen-bond acceptors (Lipinski definition) is 6. The van der Waals surface area contributed by atoms with Crippen molar-refractivity contribution >= 4 is 137 Å². The van der Waals surface area contributed by atoms with E-state index in [1.807, 2.05) is 62.8 Å². The van der Waals surface area contributed by atoms with E-state index < -0.39 is 0 Å². The van der Waals surface area contributed by atoms with Gasteiger partial charge in [0.25, 0.3) is 0 Å². The lowest BCUT2D eigenvalue weighted by atomic mass is 10.0. The monoisotopic (exact) mass is 1090 g/mol. The molecule has 4 nitrogen and oxygen atoms in total. The van der Waals surface area contributed by atoms with Gasteiger partial charge in [0.15, 0.2) is 0 Å². The molecule has 16 heteroatoms. The summed E-state index contributed by atoms with van der Waals surface area (Å²) in [5.41, 5.74) is 8.73. The molecule has 356 valence electrons. The van der Waals surface area contributed by atoms with Crippen LogP contribution in [0.15, 0.2) is 131 Å². The van der Waals surface area contributed by atoms with Gasteiger partial charge in [-0.25, -0.2) is 37.5 Å². The zero-order chi connectivity index (χ0) is 50.6. The van der Waals surface area contributed by atoms with Gasteiger partial charge < -0.3 is 0 Å². The van der Waals surface area contributed by atoms with E-state index in [0.29, 0.717) is 74.4 Å². The van der Waals surface area contributed by atoms with Gasteiger partial charge in [-0.2, -0.15) is 0 Å². The Labute approximate surface area is 440 Å². The van der Waals surface area contributed by atoms with Gasteiger partial charge in [0.1, 0.15) is 33.6 Å². The number of aromatic nitrogens is 4. The smallest absolute Gasteiger partial charge is 0.134 e. The summed E-state index contributed by atoms with van der Waals surface area (Å²) < 4.78 is 53.7. The standard InChI is InChI=1S/2C17H13ClFNS.2C10H6Cl2FN/c1-10-16(18)15-13(19)7-4-8-14(15)20-17(10)11-5-3-6-12(9-11)21-2;1-10-16(18)14-7-6-12(19)9-15(14)20-17(10)11-4-3-5-13(8-11)21-2;1-5-9(11)7-3-2-6(13)4-8(7)14-10(5)12;1-5-9(11)8-6(13)3-2-4-7(8)14-10(5)12/h2*3-9H,1-2H3;2*2-4H,1H3. The fourth-order valence-electron chi connectivity index (χ4n) is 7.27. The number of hydrogen-bond donors (Lipinski definition) is 0. The van der Waals surface area contributed by atoms with Gasteiger partial charge in [-0.15, -0.1) is 23.5 Å². The fraction of sp³-hybridized carbons (Fsp3) is 0.111. The third-order valence-electron chi connectivity index (χ3n) is 11.0. The van der Waals surface area contributed by atoms with Crippen molar-refractivity contribution in [3.8, 4) is 22.5 Å². The van der Waals surface area contributed by atoms with Crippen molar-refractivity contribution in [2.45, 2.75) is 37.5 Å². The maximum Gasteiger partial charge on any atom is 0.134 e. The molecule has 0 spiro atoms. The van der Waals surface area contributed by atoms with Crippen LogP contribution >= 0.6 is 93.1 Å². The number of rotatable bonds is 4. The molecule has 70 heavy (non-hydrogen) atoms. The summed E-state index contributed by atoms with van der Waals surface area (Å²) in [5.74, 6) is -1.36. The van der Waals surface area contributed by atoms with Crippen molar-refractivity contribution < 1.29 is 17.6 Å². The van der Waals surface area contributed by atoms with Gasteiger partial charge in [0.2, 0.25) is 0 Å². The van der Waals surface area contributed by atoms with Gasteiger partial charge in [0, 0.05) is 54.9 Å². The average Bonchev–Trinajstić information content (AvgIpc) is 3.35. The zero-order valence-corrected chi connectivity index (χ0v) is 44.1. The van der Waals surface area contributed by atoms with Crippen LogP contribution in [0, 0.1) is 51.0 Å². The molecule has 0 aliphatic heterocycles. The molecule has 0 aliphatic carbocycles. The molecular weight excluding hydrogens is 1060 g/mol. The molecule has 0 fully saturated rings. The van der Waals surface area contributed by atoms with Crippen molar-refractivity contribution in [1.29, 1.82) is 0 Å². The van der Waals surface area contributed by atoms with Crippen LogP contribution in [0.4, 0.5) is 17.6 Å². The highest BCUT2D eigenvalue weighted by molar-refractivity contribution is 7.98. The normalized spacial score (nSPS) is 11.0. The number of fused-ring (bicyclic) bond motifs is 4. The van der Waals surface area contributed by atoms with Gasteiger partial charge in [-0.1, -0.05) is 106 Å². The Kier molecular flexibility index (Phi) is 17.5. The lowest BCUT2D eigenvalue weighted by Crippen LogP contribution is -1.94. The SMILES string of the molecule is CSc1cccc(-c2nc3cc(F)ccc3c(Cl)c2C)c1.CSc1cccc(-c2nc3cccc(F)c3c(Cl)c2C)c1.Cc1c(Cl)nc2cc(F)ccc2c1Cl.Cc1c(Cl)nc2cccc(F)c2c1Cl. The Morgan fingerprint density at radius 3 is 1.24 bits per heavy atom. The number of halogens is 10. The summed E-state index contributed by atoms with van der Waals surface area (Å²) >= 11 is 39.8. The van der Waals surface area contributed by atoms with E-state index in [9.17, 15) is 17.6 Å². The van der Waals surface area contributed by atoms with Crippen LogP contribution in [0.1, 0.15) is 22.3 Å². The molecule has 6 aromatic carbocycles. The maximum atomic E-state index is 14.0. The van der Waals surface area contributed by atoms with Crippen molar-refractivity contribution in [2.24, 2.45) is 0 Å². The Bertz CT molecular complexity index is 3560. The number of benzene rings is 6. The summed E-state index contributed by atoms with van der Waals surface area (Å²) in [5, 5.41) is 4.76. The Hall–Kier alpha value is -4.88. The van der Waals surface area contributed by atoms with Crippen LogP contribution in [-0.2, 0) is 0 Å². The lowest BCUT2D eigenvalue weighted by molar-refractivity contribution is 0.629. The molecule has 0 radical (unpaired) electrons. The van der Waals surface area contributed by atoms with E-state index in [-0.39, 0.29) is 23.3 Å². The molecule has 4 aromatic heterocycles. The van der Waals surface area contributed by atoms with Gasteiger partial charge in [-0.05, 0) is 124 Å². The van der Waals surface area contributed by atoms with E-state index in [1.54, 1.807) is 73.8 Å². The minimum Gasteiger partial charge on any atom is -0.247 e. The van der Waals surface area contributed by atoms with Crippen molar-refractivity contribution in [3.05, 3.63) is 197 Å². The van der Waals surface area contributed by atoms with Crippen LogP contribution in [0.25, 0.3) is 66.1 Å². The van der Waals surface area contributed by atoms with Gasteiger partial charge in [-0.3, -0.25) is 0 Å². The molecular formula is C54H38Cl6F4N4S2. The number of pyridine rings is 4. The fourth-order valence-corrected chi connectivity index (χ4v) is 9.71. The van der Waals surface area contributed by atoms with E-state index >= 15 is 0 Å². The summed E-state index contributed by atoms with van der Waals surface area (Å²) in [4.78, 5) is 19.6. The minimum atomic E-state index is -0.375. The third-order valence-corrected chi connectivity index (χ3v) is 15.2. The minimum absolute atomic E-state index is 0.307. The summed E-state index contributed by atoms with van der Waals surface area (Å²) in [6.45, 7) is 7.31. The van der Waals surface area contributed by atoms with Gasteiger partial charge in [0.05, 0.1) is 64.3 Å². The predicted octanol–water partition coefficient (Wildman–Crippen LogP) is 19.4. The van der Waals surface area contributed by atoms with Crippen molar-refractivity contribution in [3.63, 3.8) is 0 Å². The van der Waals surface area contributed by atoms with Crippen LogP contribution in [0.5, 0.6) is 0 Å². The highest BCUT2D eigenvalue weighted by Crippen LogP contribution is 2.37. The van der Waals surface area contributed by atoms with Crippen LogP contribution in [0.3, 0.4) is 0 Å². The summed E-state index contributed by atoms with van der Waals surface area (Å²) in [6.07, 6.45) is 4.06. The molecule has 0 bridgehead atoms. The zero-order valence-electron chi connectivity index (χ0n) is 37.9. The second-order valence-corrected chi connectivity index (χ2v) is 19.5. The van der Waals surface area contributed by atoms with E-state index in [0.717, 1.165) is 54.2 Å². The molecule has 0 aliphatic rings. The Morgan fingerprint density at radius 2 is 0.757 bits per heavy atom. The molecule has 4 heterocycles. The second-order valence-electron chi connectivity index (χ2n) is 15.5. The Balaban J connectivity index is 0.000000140. The first kappa shape index (κ1) is 52.9. The van der Waals surface area contributed by atoms with Crippen LogP contribution in [-0.4, -0.2) is 32.4 Å². The van der Waals surface area contributed by atoms with E-state index in [4.69, 9.17) is 69.6 Å². The molecule has 0 atom stereocenters. The van der Waals surface area contributed by atoms with Crippen LogP contribution in [0.2, 0.25) is 30.4 Å². The quantitative estimate of drug-likeness (QED) is 0.0994. The molecule has 0 unspecified atom stereocenters. The summed E-state index contributed by atoms with van der Waals surface area (Å²) in [6, 6.07) is 34.4. The first-order valence-corrected chi connectivity index (χ1v) is 25.7.